The van der Waals surface area contributed by atoms with Crippen LogP contribution in [0.4, 0.5) is 0 Å². The van der Waals surface area contributed by atoms with Gasteiger partial charge in [-0.15, -0.1) is 0 Å². The largest absolute Gasteiger partial charge is 0.462 e. The van der Waals surface area contributed by atoms with E-state index in [-0.39, 0.29) is 31.1 Å². The molecule has 0 aromatic rings. The maximum atomic E-state index is 12.8. The maximum Gasteiger partial charge on any atom is 0.306 e. The van der Waals surface area contributed by atoms with Crippen LogP contribution >= 0.6 is 0 Å². The molecule has 0 aliphatic heterocycles. The first-order valence-corrected chi connectivity index (χ1v) is 28.2. The van der Waals surface area contributed by atoms with Gasteiger partial charge in [0.2, 0.25) is 0 Å². The lowest BCUT2D eigenvalue weighted by Gasteiger charge is -2.18. The molecule has 63 heavy (non-hydrogen) atoms. The van der Waals surface area contributed by atoms with Crippen molar-refractivity contribution >= 4 is 17.9 Å². The average molecular weight is 889 g/mol. The van der Waals surface area contributed by atoms with Crippen molar-refractivity contribution in [1.82, 2.24) is 0 Å². The number of unbranched alkanes of at least 4 members (excludes halogenated alkanes) is 39. The zero-order valence-corrected chi connectivity index (χ0v) is 42.6. The summed E-state index contributed by atoms with van der Waals surface area (Å²) < 4.78 is 16.9. The zero-order chi connectivity index (χ0) is 45.8. The predicted molar refractivity (Wildman–Crippen MR) is 270 cm³/mol. The SMILES string of the molecule is CCCCCC/C=C/CCCCCCCC(=O)OC[C@H](COC(=O)CCCCCCCCCCCCCCCCCCC)OC(=O)CCCCCCCCCCCCCCCCC. The lowest BCUT2D eigenvalue weighted by molar-refractivity contribution is -0.167. The number of esters is 3. The van der Waals surface area contributed by atoms with Gasteiger partial charge in [0.25, 0.3) is 0 Å². The Hall–Kier alpha value is -1.85. The van der Waals surface area contributed by atoms with E-state index in [4.69, 9.17) is 14.2 Å². The summed E-state index contributed by atoms with van der Waals surface area (Å²) in [5.74, 6) is -0.853. The number of hydrogen-bond acceptors (Lipinski definition) is 6. The number of carbonyl (C=O) groups is 3. The van der Waals surface area contributed by atoms with Crippen LogP contribution in [-0.2, 0) is 28.6 Å². The minimum atomic E-state index is -0.767. The molecule has 0 unspecified atom stereocenters. The van der Waals surface area contributed by atoms with Gasteiger partial charge < -0.3 is 14.2 Å². The standard InChI is InChI=1S/C57H108O6/c1-4-7-10-13-16-19-22-25-27-28-30-32-35-38-41-44-47-50-56(59)62-53-54(52-61-55(58)49-46-43-40-37-34-31-24-21-18-15-12-9-6-3)63-57(60)51-48-45-42-39-36-33-29-26-23-20-17-14-11-8-5-2/h21,24,54H,4-20,22-23,25-53H2,1-3H3/b24-21+/t54-/m1/s1. The molecule has 0 amide bonds. The molecule has 0 aromatic carbocycles. The van der Waals surface area contributed by atoms with Crippen LogP contribution in [0.5, 0.6) is 0 Å². The molecule has 6 nitrogen and oxygen atoms in total. The van der Waals surface area contributed by atoms with E-state index in [1.165, 1.54) is 212 Å². The fourth-order valence-corrected chi connectivity index (χ4v) is 8.50. The second-order valence-corrected chi connectivity index (χ2v) is 19.2. The van der Waals surface area contributed by atoms with Gasteiger partial charge in [-0.05, 0) is 44.9 Å². The molecular formula is C57H108O6. The first kappa shape index (κ1) is 61.1. The quantitative estimate of drug-likeness (QED) is 0.0262. The summed E-state index contributed by atoms with van der Waals surface area (Å²) in [5, 5.41) is 0. The van der Waals surface area contributed by atoms with E-state index in [0.29, 0.717) is 19.3 Å². The Bertz CT molecular complexity index is 978. The first-order valence-electron chi connectivity index (χ1n) is 28.2. The van der Waals surface area contributed by atoms with E-state index in [9.17, 15) is 14.4 Å². The minimum absolute atomic E-state index is 0.0666. The molecule has 0 aliphatic carbocycles. The van der Waals surface area contributed by atoms with Gasteiger partial charge in [0.1, 0.15) is 13.2 Å². The third-order valence-corrected chi connectivity index (χ3v) is 12.8. The van der Waals surface area contributed by atoms with Gasteiger partial charge in [-0.1, -0.05) is 264 Å². The van der Waals surface area contributed by atoms with Crippen molar-refractivity contribution < 1.29 is 28.6 Å². The first-order chi connectivity index (χ1) is 31.0. The summed E-state index contributed by atoms with van der Waals surface area (Å²) >= 11 is 0. The summed E-state index contributed by atoms with van der Waals surface area (Å²) in [6.45, 7) is 6.67. The summed E-state index contributed by atoms with van der Waals surface area (Å²) in [7, 11) is 0. The van der Waals surface area contributed by atoms with Crippen LogP contribution in [0, 0.1) is 0 Å². The number of ether oxygens (including phenoxy) is 3. The molecule has 0 aliphatic rings. The summed E-state index contributed by atoms with van der Waals surface area (Å²) in [6, 6.07) is 0. The molecule has 1 atom stereocenters. The molecule has 372 valence electrons. The van der Waals surface area contributed by atoms with Gasteiger partial charge >= 0.3 is 17.9 Å². The van der Waals surface area contributed by atoms with E-state index in [2.05, 4.69) is 32.9 Å². The predicted octanol–water partition coefficient (Wildman–Crippen LogP) is 18.5. The van der Waals surface area contributed by atoms with Gasteiger partial charge in [-0.3, -0.25) is 14.4 Å². The maximum absolute atomic E-state index is 12.8. The highest BCUT2D eigenvalue weighted by atomic mass is 16.6. The molecule has 0 radical (unpaired) electrons. The zero-order valence-electron chi connectivity index (χ0n) is 42.6. The Balaban J connectivity index is 4.31. The Morgan fingerprint density at radius 1 is 0.302 bits per heavy atom. The van der Waals surface area contributed by atoms with Crippen LogP contribution in [0.2, 0.25) is 0 Å². The van der Waals surface area contributed by atoms with Crippen molar-refractivity contribution in [2.45, 2.75) is 322 Å². The molecule has 0 bridgehead atoms. The van der Waals surface area contributed by atoms with Crippen molar-refractivity contribution in [2.75, 3.05) is 13.2 Å². The highest BCUT2D eigenvalue weighted by Crippen LogP contribution is 2.17. The molecule has 0 N–H and O–H groups in total. The van der Waals surface area contributed by atoms with Gasteiger partial charge in [0.15, 0.2) is 6.10 Å². The minimum Gasteiger partial charge on any atom is -0.462 e. The van der Waals surface area contributed by atoms with Crippen molar-refractivity contribution in [3.63, 3.8) is 0 Å². The van der Waals surface area contributed by atoms with Crippen LogP contribution in [0.25, 0.3) is 0 Å². The number of carbonyl (C=O) groups excluding carboxylic acids is 3. The van der Waals surface area contributed by atoms with Crippen LogP contribution < -0.4 is 0 Å². The molecule has 0 saturated heterocycles. The second-order valence-electron chi connectivity index (χ2n) is 19.2. The van der Waals surface area contributed by atoms with Crippen molar-refractivity contribution in [3.05, 3.63) is 12.2 Å². The van der Waals surface area contributed by atoms with Crippen molar-refractivity contribution in [2.24, 2.45) is 0 Å². The summed E-state index contributed by atoms with van der Waals surface area (Å²) in [6.07, 6.45) is 59.1. The molecule has 0 heterocycles. The monoisotopic (exact) mass is 889 g/mol. The van der Waals surface area contributed by atoms with E-state index in [0.717, 1.165) is 64.2 Å². The average Bonchev–Trinajstić information content (AvgIpc) is 3.28. The van der Waals surface area contributed by atoms with Crippen LogP contribution in [0.1, 0.15) is 316 Å². The number of rotatable bonds is 52. The third-order valence-electron chi connectivity index (χ3n) is 12.8. The highest BCUT2D eigenvalue weighted by Gasteiger charge is 2.19. The Morgan fingerprint density at radius 2 is 0.524 bits per heavy atom. The smallest absolute Gasteiger partial charge is 0.306 e. The van der Waals surface area contributed by atoms with E-state index in [1.807, 2.05) is 0 Å². The van der Waals surface area contributed by atoms with E-state index >= 15 is 0 Å². The fourth-order valence-electron chi connectivity index (χ4n) is 8.50. The van der Waals surface area contributed by atoms with E-state index < -0.39 is 6.10 Å². The molecule has 0 spiro atoms. The topological polar surface area (TPSA) is 78.9 Å². The number of hydrogen-bond donors (Lipinski definition) is 0. The molecular weight excluding hydrogens is 781 g/mol. The van der Waals surface area contributed by atoms with Gasteiger partial charge in [0, 0.05) is 19.3 Å². The molecule has 0 fully saturated rings. The Labute approximate surface area is 392 Å². The summed E-state index contributed by atoms with van der Waals surface area (Å²) in [4.78, 5) is 38.1. The van der Waals surface area contributed by atoms with Crippen molar-refractivity contribution in [3.8, 4) is 0 Å². The Kier molecular flexibility index (Phi) is 51.2. The second kappa shape index (κ2) is 52.8. The highest BCUT2D eigenvalue weighted by molar-refractivity contribution is 5.71. The molecule has 6 heteroatoms. The van der Waals surface area contributed by atoms with Crippen LogP contribution in [0.3, 0.4) is 0 Å². The molecule has 0 aromatic heterocycles. The lowest BCUT2D eigenvalue weighted by Crippen LogP contribution is -2.30. The van der Waals surface area contributed by atoms with Crippen LogP contribution in [0.15, 0.2) is 12.2 Å². The third kappa shape index (κ3) is 51.0. The fraction of sp³-hybridized carbons (Fsp3) is 0.912. The van der Waals surface area contributed by atoms with Gasteiger partial charge in [-0.25, -0.2) is 0 Å². The van der Waals surface area contributed by atoms with Gasteiger partial charge in [0.05, 0.1) is 0 Å². The molecule has 0 rings (SSSR count). The normalized spacial score (nSPS) is 12.0. The summed E-state index contributed by atoms with van der Waals surface area (Å²) in [5.41, 5.74) is 0. The van der Waals surface area contributed by atoms with Crippen LogP contribution in [-0.4, -0.2) is 37.2 Å². The van der Waals surface area contributed by atoms with E-state index in [1.54, 1.807) is 0 Å². The molecule has 0 saturated carbocycles. The Morgan fingerprint density at radius 3 is 0.810 bits per heavy atom. The van der Waals surface area contributed by atoms with Crippen molar-refractivity contribution in [1.29, 1.82) is 0 Å². The van der Waals surface area contributed by atoms with Gasteiger partial charge in [-0.2, -0.15) is 0 Å². The number of allylic oxidation sites excluding steroid dienone is 2. The lowest BCUT2D eigenvalue weighted by atomic mass is 10.0.